The SMILES string of the molecule is CCCn1nc(C(=O)NCCCOCC2CCCO2)ccc1=O. The van der Waals surface area contributed by atoms with Crippen LogP contribution in [0.4, 0.5) is 0 Å². The van der Waals surface area contributed by atoms with Gasteiger partial charge in [0.1, 0.15) is 5.69 Å². The summed E-state index contributed by atoms with van der Waals surface area (Å²) in [5, 5.41) is 6.86. The number of nitrogens with one attached hydrogen (secondary N) is 1. The standard InChI is InChI=1S/C16H25N3O4/c1-2-9-19-15(20)7-6-14(18-19)16(21)17-8-4-10-22-12-13-5-3-11-23-13/h6-7,13H,2-5,8-12H2,1H3,(H,17,21). The predicted octanol–water partition coefficient (Wildman–Crippen LogP) is 0.969. The minimum absolute atomic E-state index is 0.189. The Morgan fingerprint density at radius 2 is 2.39 bits per heavy atom. The van der Waals surface area contributed by atoms with Gasteiger partial charge in [-0.1, -0.05) is 6.92 Å². The van der Waals surface area contributed by atoms with Crippen LogP contribution in [0.3, 0.4) is 0 Å². The van der Waals surface area contributed by atoms with E-state index in [2.05, 4.69) is 10.4 Å². The maximum atomic E-state index is 12.0. The molecule has 2 rings (SSSR count). The number of carbonyl (C=O) groups is 1. The average molecular weight is 323 g/mol. The Bertz CT molecular complexity index is 553. The Labute approximate surface area is 136 Å². The van der Waals surface area contributed by atoms with Crippen molar-refractivity contribution in [3.8, 4) is 0 Å². The molecule has 2 heterocycles. The zero-order valence-electron chi connectivity index (χ0n) is 13.6. The number of ether oxygens (including phenoxy) is 2. The monoisotopic (exact) mass is 323 g/mol. The van der Waals surface area contributed by atoms with Crippen LogP contribution in [0.5, 0.6) is 0 Å². The number of hydrogen-bond acceptors (Lipinski definition) is 5. The Balaban J connectivity index is 1.66. The second-order valence-corrected chi connectivity index (χ2v) is 5.60. The number of rotatable bonds is 9. The summed E-state index contributed by atoms with van der Waals surface area (Å²) in [5.41, 5.74) is 0.0734. The lowest BCUT2D eigenvalue weighted by atomic mass is 10.2. The van der Waals surface area contributed by atoms with Crippen molar-refractivity contribution in [2.24, 2.45) is 0 Å². The van der Waals surface area contributed by atoms with Gasteiger partial charge < -0.3 is 14.8 Å². The van der Waals surface area contributed by atoms with E-state index < -0.39 is 0 Å². The molecule has 0 bridgehead atoms. The first kappa shape index (κ1) is 17.6. The highest BCUT2D eigenvalue weighted by Crippen LogP contribution is 2.11. The van der Waals surface area contributed by atoms with Gasteiger partial charge in [0.2, 0.25) is 0 Å². The first-order valence-electron chi connectivity index (χ1n) is 8.26. The van der Waals surface area contributed by atoms with Crippen molar-refractivity contribution in [2.75, 3.05) is 26.4 Å². The zero-order chi connectivity index (χ0) is 16.5. The summed E-state index contributed by atoms with van der Waals surface area (Å²) >= 11 is 0. The van der Waals surface area contributed by atoms with E-state index in [0.717, 1.165) is 32.3 Å². The molecule has 1 saturated heterocycles. The second kappa shape index (κ2) is 9.42. The normalized spacial score (nSPS) is 17.3. The number of carbonyl (C=O) groups excluding carboxylic acids is 1. The third-order valence-corrected chi connectivity index (χ3v) is 3.61. The Hall–Kier alpha value is -1.73. The molecule has 1 N–H and O–H groups in total. The van der Waals surface area contributed by atoms with E-state index in [9.17, 15) is 9.59 Å². The molecular formula is C16H25N3O4. The lowest BCUT2D eigenvalue weighted by Gasteiger charge is -2.10. The highest BCUT2D eigenvalue weighted by atomic mass is 16.5. The molecule has 0 saturated carbocycles. The van der Waals surface area contributed by atoms with Crippen LogP contribution < -0.4 is 10.9 Å². The van der Waals surface area contributed by atoms with E-state index >= 15 is 0 Å². The molecule has 23 heavy (non-hydrogen) atoms. The zero-order valence-corrected chi connectivity index (χ0v) is 13.6. The molecule has 1 fully saturated rings. The summed E-state index contributed by atoms with van der Waals surface area (Å²) < 4.78 is 12.3. The molecule has 1 aromatic heterocycles. The van der Waals surface area contributed by atoms with Crippen molar-refractivity contribution in [2.45, 2.75) is 45.3 Å². The molecule has 1 aliphatic heterocycles. The molecule has 1 aliphatic rings. The molecule has 0 spiro atoms. The van der Waals surface area contributed by atoms with Gasteiger partial charge in [-0.05, 0) is 31.7 Å². The first-order valence-corrected chi connectivity index (χ1v) is 8.26. The third kappa shape index (κ3) is 5.76. The van der Waals surface area contributed by atoms with Crippen molar-refractivity contribution >= 4 is 5.91 Å². The van der Waals surface area contributed by atoms with Crippen LogP contribution in [-0.2, 0) is 16.0 Å². The molecule has 1 aromatic rings. The minimum Gasteiger partial charge on any atom is -0.379 e. The van der Waals surface area contributed by atoms with E-state index in [1.165, 1.54) is 16.8 Å². The molecule has 7 nitrogen and oxygen atoms in total. The quantitative estimate of drug-likeness (QED) is 0.685. The average Bonchev–Trinajstić information content (AvgIpc) is 3.06. The topological polar surface area (TPSA) is 82.5 Å². The van der Waals surface area contributed by atoms with Gasteiger partial charge in [-0.15, -0.1) is 0 Å². The van der Waals surface area contributed by atoms with E-state index in [-0.39, 0.29) is 23.3 Å². The maximum absolute atomic E-state index is 12.0. The first-order chi connectivity index (χ1) is 11.2. The number of aryl methyl sites for hydroxylation is 1. The summed E-state index contributed by atoms with van der Waals surface area (Å²) in [6, 6.07) is 2.83. The van der Waals surface area contributed by atoms with Gasteiger partial charge >= 0.3 is 0 Å². The van der Waals surface area contributed by atoms with Crippen molar-refractivity contribution < 1.29 is 14.3 Å². The van der Waals surface area contributed by atoms with Crippen LogP contribution in [0.15, 0.2) is 16.9 Å². The number of hydrogen-bond donors (Lipinski definition) is 1. The van der Waals surface area contributed by atoms with Crippen LogP contribution in [-0.4, -0.2) is 48.2 Å². The van der Waals surface area contributed by atoms with Gasteiger partial charge in [-0.2, -0.15) is 5.10 Å². The highest BCUT2D eigenvalue weighted by molar-refractivity contribution is 5.91. The molecule has 1 unspecified atom stereocenters. The molecule has 1 amide bonds. The maximum Gasteiger partial charge on any atom is 0.271 e. The third-order valence-electron chi connectivity index (χ3n) is 3.61. The molecule has 7 heteroatoms. The van der Waals surface area contributed by atoms with Crippen LogP contribution in [0.1, 0.15) is 43.1 Å². The molecule has 0 radical (unpaired) electrons. The molecular weight excluding hydrogens is 298 g/mol. The fourth-order valence-corrected chi connectivity index (χ4v) is 2.40. The summed E-state index contributed by atoms with van der Waals surface area (Å²) in [6.45, 7) is 5.02. The van der Waals surface area contributed by atoms with Crippen LogP contribution in [0.2, 0.25) is 0 Å². The van der Waals surface area contributed by atoms with E-state index in [4.69, 9.17) is 9.47 Å². The van der Waals surface area contributed by atoms with Gasteiger partial charge in [0.25, 0.3) is 11.5 Å². The summed E-state index contributed by atoms with van der Waals surface area (Å²) in [7, 11) is 0. The van der Waals surface area contributed by atoms with Crippen molar-refractivity contribution in [3.05, 3.63) is 28.2 Å². The Morgan fingerprint density at radius 1 is 1.52 bits per heavy atom. The Kier molecular flexibility index (Phi) is 7.22. The molecule has 0 aromatic carbocycles. The second-order valence-electron chi connectivity index (χ2n) is 5.60. The van der Waals surface area contributed by atoms with Crippen LogP contribution in [0, 0.1) is 0 Å². The van der Waals surface area contributed by atoms with Crippen LogP contribution >= 0.6 is 0 Å². The highest BCUT2D eigenvalue weighted by Gasteiger charge is 2.15. The molecule has 0 aliphatic carbocycles. The van der Waals surface area contributed by atoms with Gasteiger partial charge in [-0.3, -0.25) is 9.59 Å². The summed E-state index contributed by atoms with van der Waals surface area (Å²) in [6.07, 6.45) is 3.92. The lowest BCUT2D eigenvalue weighted by Crippen LogP contribution is -2.30. The largest absolute Gasteiger partial charge is 0.379 e. The van der Waals surface area contributed by atoms with E-state index in [0.29, 0.717) is 26.3 Å². The summed E-state index contributed by atoms with van der Waals surface area (Å²) in [4.78, 5) is 23.6. The van der Waals surface area contributed by atoms with Crippen molar-refractivity contribution in [1.82, 2.24) is 15.1 Å². The number of amides is 1. The fraction of sp³-hybridized carbons (Fsp3) is 0.688. The Morgan fingerprint density at radius 3 is 3.13 bits per heavy atom. The van der Waals surface area contributed by atoms with E-state index in [1.54, 1.807) is 0 Å². The fourth-order valence-electron chi connectivity index (χ4n) is 2.40. The van der Waals surface area contributed by atoms with E-state index in [1.807, 2.05) is 6.92 Å². The molecule has 1 atom stereocenters. The summed E-state index contributed by atoms with van der Waals surface area (Å²) in [5.74, 6) is -0.269. The molecule has 128 valence electrons. The van der Waals surface area contributed by atoms with Gasteiger partial charge in [0.15, 0.2) is 0 Å². The van der Waals surface area contributed by atoms with Crippen molar-refractivity contribution in [3.63, 3.8) is 0 Å². The van der Waals surface area contributed by atoms with Crippen molar-refractivity contribution in [1.29, 1.82) is 0 Å². The predicted molar refractivity (Wildman–Crippen MR) is 85.5 cm³/mol. The number of nitrogens with zero attached hydrogens (tertiary/aromatic N) is 2. The van der Waals surface area contributed by atoms with Gasteiger partial charge in [0, 0.05) is 32.4 Å². The van der Waals surface area contributed by atoms with Gasteiger partial charge in [0.05, 0.1) is 12.7 Å². The van der Waals surface area contributed by atoms with Gasteiger partial charge in [-0.25, -0.2) is 4.68 Å². The minimum atomic E-state index is -0.269. The number of aromatic nitrogens is 2. The smallest absolute Gasteiger partial charge is 0.271 e. The van der Waals surface area contributed by atoms with Crippen LogP contribution in [0.25, 0.3) is 0 Å². The lowest BCUT2D eigenvalue weighted by molar-refractivity contribution is 0.0166.